The first kappa shape index (κ1) is 20.0. The van der Waals surface area contributed by atoms with Crippen molar-refractivity contribution in [3.63, 3.8) is 0 Å². The van der Waals surface area contributed by atoms with Crippen LogP contribution in [0.4, 0.5) is 5.69 Å². The Morgan fingerprint density at radius 2 is 1.79 bits per heavy atom. The fraction of sp³-hybridized carbons (Fsp3) is 0.565. The topological polar surface area (TPSA) is 52.8 Å². The highest BCUT2D eigenvalue weighted by Crippen LogP contribution is 2.24. The van der Waals surface area contributed by atoms with E-state index in [9.17, 15) is 4.79 Å². The van der Waals surface area contributed by atoms with Crippen molar-refractivity contribution in [1.82, 2.24) is 15.0 Å². The minimum Gasteiger partial charge on any atom is -0.368 e. The summed E-state index contributed by atoms with van der Waals surface area (Å²) in [6, 6.07) is 12.5. The Kier molecular flexibility index (Phi) is 6.49. The van der Waals surface area contributed by atoms with E-state index in [1.54, 1.807) is 0 Å². The van der Waals surface area contributed by atoms with E-state index < -0.39 is 0 Å². The molecule has 1 aromatic heterocycles. The highest BCUT2D eigenvalue weighted by atomic mass is 16.5. The van der Waals surface area contributed by atoms with Crippen LogP contribution in [0.5, 0.6) is 0 Å². The number of piperidine rings is 1. The second-order valence-corrected chi connectivity index (χ2v) is 8.40. The first-order valence-corrected chi connectivity index (χ1v) is 10.9. The van der Waals surface area contributed by atoms with Crippen molar-refractivity contribution in [3.05, 3.63) is 47.9 Å². The minimum atomic E-state index is 0.331. The van der Waals surface area contributed by atoms with Gasteiger partial charge in [-0.25, -0.2) is 0 Å². The summed E-state index contributed by atoms with van der Waals surface area (Å²) in [4.78, 5) is 19.5. The van der Waals surface area contributed by atoms with Crippen molar-refractivity contribution in [3.8, 4) is 0 Å². The van der Waals surface area contributed by atoms with Gasteiger partial charge < -0.3 is 14.3 Å². The molecule has 2 saturated heterocycles. The fourth-order valence-corrected chi connectivity index (χ4v) is 4.48. The van der Waals surface area contributed by atoms with E-state index in [1.165, 1.54) is 18.5 Å². The highest BCUT2D eigenvalue weighted by Gasteiger charge is 2.24. The zero-order valence-corrected chi connectivity index (χ0v) is 17.4. The highest BCUT2D eigenvalue weighted by molar-refractivity contribution is 5.76. The Morgan fingerprint density at radius 3 is 2.45 bits per heavy atom. The number of likely N-dealkylation sites (tertiary alicyclic amines) is 1. The summed E-state index contributed by atoms with van der Waals surface area (Å²) in [6.45, 7) is 8.48. The van der Waals surface area contributed by atoms with Crippen LogP contribution in [0.25, 0.3) is 0 Å². The van der Waals surface area contributed by atoms with E-state index in [0.717, 1.165) is 63.7 Å². The van der Waals surface area contributed by atoms with Gasteiger partial charge in [-0.05, 0) is 57.3 Å². The first-order valence-electron chi connectivity index (χ1n) is 10.9. The molecule has 29 heavy (non-hydrogen) atoms. The molecule has 0 N–H and O–H groups in total. The molecule has 0 spiro atoms. The number of piperazine rings is 1. The second kappa shape index (κ2) is 9.44. The number of hydrogen-bond donors (Lipinski definition) is 0. The van der Waals surface area contributed by atoms with Crippen molar-refractivity contribution >= 4 is 11.6 Å². The van der Waals surface area contributed by atoms with Gasteiger partial charge in [0.25, 0.3) is 0 Å². The molecule has 6 heteroatoms. The van der Waals surface area contributed by atoms with E-state index in [2.05, 4.69) is 44.1 Å². The molecule has 0 saturated carbocycles. The van der Waals surface area contributed by atoms with Crippen LogP contribution in [0.3, 0.4) is 0 Å². The number of anilines is 1. The lowest BCUT2D eigenvalue weighted by atomic mass is 9.92. The Morgan fingerprint density at radius 1 is 1.07 bits per heavy atom. The second-order valence-electron chi connectivity index (χ2n) is 8.40. The predicted molar refractivity (Wildman–Crippen MR) is 114 cm³/mol. The SMILES string of the molecule is Cc1cc(CN2CCC(CCC(=O)N3CCN(c4ccccc4)CC3)CC2)on1. The number of carbonyl (C=O) groups excluding carboxylic acids is 1. The van der Waals surface area contributed by atoms with E-state index in [4.69, 9.17) is 4.52 Å². The van der Waals surface area contributed by atoms with E-state index in [1.807, 2.05) is 19.1 Å². The van der Waals surface area contributed by atoms with Gasteiger partial charge >= 0.3 is 0 Å². The molecule has 156 valence electrons. The van der Waals surface area contributed by atoms with Gasteiger partial charge in [0.05, 0.1) is 12.2 Å². The van der Waals surface area contributed by atoms with E-state index in [0.29, 0.717) is 18.2 Å². The number of aromatic nitrogens is 1. The molecule has 6 nitrogen and oxygen atoms in total. The molecule has 0 aliphatic carbocycles. The molecule has 2 fully saturated rings. The van der Waals surface area contributed by atoms with Crippen LogP contribution in [-0.2, 0) is 11.3 Å². The normalized spacial score (nSPS) is 18.9. The summed E-state index contributed by atoms with van der Waals surface area (Å²) >= 11 is 0. The third kappa shape index (κ3) is 5.38. The molecule has 2 aliphatic rings. The molecule has 0 unspecified atom stereocenters. The lowest BCUT2D eigenvalue weighted by Gasteiger charge is -2.36. The molecule has 2 aromatic rings. The van der Waals surface area contributed by atoms with Gasteiger partial charge in [0.1, 0.15) is 0 Å². The van der Waals surface area contributed by atoms with Crippen LogP contribution in [0.1, 0.15) is 37.1 Å². The van der Waals surface area contributed by atoms with Crippen molar-refractivity contribution in [2.75, 3.05) is 44.2 Å². The zero-order valence-electron chi connectivity index (χ0n) is 17.4. The first-order chi connectivity index (χ1) is 14.2. The number of amides is 1. The van der Waals surface area contributed by atoms with Crippen molar-refractivity contribution in [1.29, 1.82) is 0 Å². The molecule has 4 rings (SSSR count). The molecule has 0 bridgehead atoms. The molecule has 1 aromatic carbocycles. The summed E-state index contributed by atoms with van der Waals surface area (Å²) in [7, 11) is 0. The van der Waals surface area contributed by atoms with Gasteiger partial charge in [0, 0.05) is 44.4 Å². The van der Waals surface area contributed by atoms with Gasteiger partial charge in [-0.1, -0.05) is 23.4 Å². The lowest BCUT2D eigenvalue weighted by molar-refractivity contribution is -0.131. The molecule has 3 heterocycles. The molecular weight excluding hydrogens is 364 g/mol. The Bertz CT molecular complexity index is 775. The summed E-state index contributed by atoms with van der Waals surface area (Å²) in [5.74, 6) is 1.94. The lowest BCUT2D eigenvalue weighted by Crippen LogP contribution is -2.48. The summed E-state index contributed by atoms with van der Waals surface area (Å²) in [6.07, 6.45) is 4.05. The van der Waals surface area contributed by atoms with E-state index in [-0.39, 0.29) is 0 Å². The van der Waals surface area contributed by atoms with Crippen LogP contribution in [0.2, 0.25) is 0 Å². The van der Waals surface area contributed by atoms with Crippen LogP contribution in [-0.4, -0.2) is 60.1 Å². The molecule has 0 atom stereocenters. The van der Waals surface area contributed by atoms with Gasteiger partial charge in [-0.2, -0.15) is 0 Å². The summed E-state index contributed by atoms with van der Waals surface area (Å²) in [5, 5.41) is 3.97. The van der Waals surface area contributed by atoms with Crippen LogP contribution < -0.4 is 4.90 Å². The fourth-order valence-electron chi connectivity index (χ4n) is 4.48. The third-order valence-corrected chi connectivity index (χ3v) is 6.28. The number of benzene rings is 1. The number of hydrogen-bond acceptors (Lipinski definition) is 5. The van der Waals surface area contributed by atoms with Crippen LogP contribution in [0.15, 0.2) is 40.9 Å². The number of nitrogens with zero attached hydrogens (tertiary/aromatic N) is 4. The maximum Gasteiger partial charge on any atom is 0.222 e. The monoisotopic (exact) mass is 396 g/mol. The maximum atomic E-state index is 12.7. The van der Waals surface area contributed by atoms with Crippen LogP contribution in [0, 0.1) is 12.8 Å². The number of rotatable bonds is 6. The van der Waals surface area contributed by atoms with Gasteiger partial charge in [-0.3, -0.25) is 9.69 Å². The van der Waals surface area contributed by atoms with Gasteiger partial charge in [-0.15, -0.1) is 0 Å². The minimum absolute atomic E-state index is 0.331. The summed E-state index contributed by atoms with van der Waals surface area (Å²) < 4.78 is 5.33. The smallest absolute Gasteiger partial charge is 0.222 e. The zero-order chi connectivity index (χ0) is 20.1. The van der Waals surface area contributed by atoms with Crippen molar-refractivity contribution in [2.24, 2.45) is 5.92 Å². The predicted octanol–water partition coefficient (Wildman–Crippen LogP) is 3.32. The average Bonchev–Trinajstić information content (AvgIpc) is 3.18. The largest absolute Gasteiger partial charge is 0.368 e. The number of para-hydroxylation sites is 1. The quantitative estimate of drug-likeness (QED) is 0.750. The summed E-state index contributed by atoms with van der Waals surface area (Å²) in [5.41, 5.74) is 2.20. The van der Waals surface area contributed by atoms with Gasteiger partial charge in [0.2, 0.25) is 5.91 Å². The van der Waals surface area contributed by atoms with E-state index >= 15 is 0 Å². The number of carbonyl (C=O) groups is 1. The Balaban J connectivity index is 1.14. The van der Waals surface area contributed by atoms with Crippen molar-refractivity contribution in [2.45, 2.75) is 39.2 Å². The maximum absolute atomic E-state index is 12.7. The third-order valence-electron chi connectivity index (χ3n) is 6.28. The molecular formula is C23H32N4O2. The van der Waals surface area contributed by atoms with Gasteiger partial charge in [0.15, 0.2) is 5.76 Å². The van der Waals surface area contributed by atoms with Crippen molar-refractivity contribution < 1.29 is 9.32 Å². The average molecular weight is 397 g/mol. The molecule has 1 amide bonds. The molecule has 2 aliphatic heterocycles. The standard InChI is InChI=1S/C23H32N4O2/c1-19-17-22(29-24-19)18-25-11-9-20(10-12-25)7-8-23(28)27-15-13-26(14-16-27)21-5-3-2-4-6-21/h2-6,17,20H,7-16,18H2,1H3. The van der Waals surface area contributed by atoms with Crippen LogP contribution >= 0.6 is 0 Å². The Hall–Kier alpha value is -2.34. The molecule has 0 radical (unpaired) electrons. The Labute approximate surface area is 173 Å². The number of aryl methyl sites for hydroxylation is 1.